The second-order valence-electron chi connectivity index (χ2n) is 4.68. The normalized spacial score (nSPS) is 18.4. The van der Waals surface area contributed by atoms with Crippen LogP contribution in [-0.4, -0.2) is 16.6 Å². The van der Waals surface area contributed by atoms with Crippen molar-refractivity contribution in [1.82, 2.24) is 9.97 Å². The van der Waals surface area contributed by atoms with Gasteiger partial charge in [0, 0.05) is 5.69 Å². The Hall–Kier alpha value is -1.04. The van der Waals surface area contributed by atoms with Crippen LogP contribution in [0.2, 0.25) is 0 Å². The third-order valence-electron chi connectivity index (χ3n) is 3.40. The maximum Gasteiger partial charge on any atom is 0.132 e. The molecular weight excluding hydrogens is 339 g/mol. The van der Waals surface area contributed by atoms with E-state index in [0.29, 0.717) is 5.92 Å². The van der Waals surface area contributed by atoms with Gasteiger partial charge in [-0.1, -0.05) is 12.1 Å². The number of nitrogens with one attached hydrogen (secondary N) is 1. The largest absolute Gasteiger partial charge is 0.492 e. The number of imidazole rings is 1. The molecule has 18 heavy (non-hydrogen) atoms. The summed E-state index contributed by atoms with van der Waals surface area (Å²) in [6.45, 7) is 0.784. The van der Waals surface area contributed by atoms with Crippen molar-refractivity contribution in [2.24, 2.45) is 5.92 Å². The van der Waals surface area contributed by atoms with E-state index in [1.54, 1.807) is 6.33 Å². The van der Waals surface area contributed by atoms with Crippen LogP contribution in [0, 0.1) is 9.49 Å². The van der Waals surface area contributed by atoms with Gasteiger partial charge in [-0.2, -0.15) is 0 Å². The molecule has 3 rings (SSSR count). The number of aromatic nitrogens is 2. The van der Waals surface area contributed by atoms with Crippen molar-refractivity contribution in [3.05, 3.63) is 45.6 Å². The summed E-state index contributed by atoms with van der Waals surface area (Å²) in [5, 5.41) is 0. The number of halogens is 1. The Morgan fingerprint density at radius 2 is 2.28 bits per heavy atom. The minimum absolute atomic E-state index is 0.580. The average molecular weight is 354 g/mol. The number of hydrogen-bond donors (Lipinski definition) is 1. The van der Waals surface area contributed by atoms with E-state index in [4.69, 9.17) is 4.74 Å². The van der Waals surface area contributed by atoms with Crippen LogP contribution in [0.1, 0.15) is 17.8 Å². The molecule has 1 N–H and O–H groups in total. The van der Waals surface area contributed by atoms with E-state index < -0.39 is 0 Å². The van der Waals surface area contributed by atoms with Crippen molar-refractivity contribution in [3.63, 3.8) is 0 Å². The lowest BCUT2D eigenvalue weighted by atomic mass is 9.90. The number of aromatic amines is 1. The molecule has 94 valence electrons. The molecule has 4 heteroatoms. The maximum atomic E-state index is 5.92. The van der Waals surface area contributed by atoms with Gasteiger partial charge in [-0.15, -0.1) is 0 Å². The van der Waals surface area contributed by atoms with Gasteiger partial charge in [0.1, 0.15) is 5.75 Å². The van der Waals surface area contributed by atoms with Crippen LogP contribution in [0.4, 0.5) is 0 Å². The Bertz CT molecular complexity index is 538. The van der Waals surface area contributed by atoms with Crippen LogP contribution in [0.25, 0.3) is 0 Å². The van der Waals surface area contributed by atoms with Gasteiger partial charge in [0.2, 0.25) is 0 Å². The highest BCUT2D eigenvalue weighted by molar-refractivity contribution is 14.1. The number of para-hydroxylation sites is 1. The van der Waals surface area contributed by atoms with E-state index in [2.05, 4.69) is 38.6 Å². The Balaban J connectivity index is 1.61. The zero-order chi connectivity index (χ0) is 12.4. The molecule has 0 spiro atoms. The van der Waals surface area contributed by atoms with Gasteiger partial charge in [0.25, 0.3) is 0 Å². The predicted molar refractivity (Wildman–Crippen MR) is 78.8 cm³/mol. The van der Waals surface area contributed by atoms with E-state index in [9.17, 15) is 0 Å². The average Bonchev–Trinajstić information content (AvgIpc) is 2.85. The summed E-state index contributed by atoms with van der Waals surface area (Å²) in [5.41, 5.74) is 2.53. The van der Waals surface area contributed by atoms with Gasteiger partial charge in [-0.3, -0.25) is 0 Å². The summed E-state index contributed by atoms with van der Waals surface area (Å²) >= 11 is 2.31. The van der Waals surface area contributed by atoms with Crippen LogP contribution >= 0.6 is 22.6 Å². The third-order valence-corrected chi connectivity index (χ3v) is 4.29. The summed E-state index contributed by atoms with van der Waals surface area (Å²) < 4.78 is 7.09. The molecule has 2 aromatic rings. The molecule has 1 aliphatic rings. The Morgan fingerprint density at radius 1 is 1.39 bits per heavy atom. The number of aryl methyl sites for hydroxylation is 1. The minimum Gasteiger partial charge on any atom is -0.492 e. The summed E-state index contributed by atoms with van der Waals surface area (Å²) in [6, 6.07) is 8.16. The van der Waals surface area contributed by atoms with Crippen molar-refractivity contribution in [2.75, 3.05) is 6.61 Å². The number of ether oxygens (including phenoxy) is 1. The molecule has 0 saturated heterocycles. The summed E-state index contributed by atoms with van der Waals surface area (Å²) in [7, 11) is 0. The lowest BCUT2D eigenvalue weighted by Gasteiger charge is -2.21. The van der Waals surface area contributed by atoms with Crippen LogP contribution < -0.4 is 4.74 Å². The van der Waals surface area contributed by atoms with E-state index >= 15 is 0 Å². The van der Waals surface area contributed by atoms with E-state index in [1.165, 1.54) is 21.4 Å². The first-order valence-corrected chi connectivity index (χ1v) is 7.29. The van der Waals surface area contributed by atoms with Crippen LogP contribution in [-0.2, 0) is 12.8 Å². The van der Waals surface area contributed by atoms with Crippen molar-refractivity contribution in [3.8, 4) is 5.75 Å². The summed E-state index contributed by atoms with van der Waals surface area (Å²) in [4.78, 5) is 7.57. The van der Waals surface area contributed by atoms with Gasteiger partial charge < -0.3 is 9.72 Å². The smallest absolute Gasteiger partial charge is 0.132 e. The van der Waals surface area contributed by atoms with E-state index in [-0.39, 0.29) is 0 Å². The molecule has 1 aromatic heterocycles. The Kier molecular flexibility index (Phi) is 3.54. The first kappa shape index (κ1) is 12.0. The van der Waals surface area contributed by atoms with Crippen molar-refractivity contribution >= 4 is 22.6 Å². The zero-order valence-electron chi connectivity index (χ0n) is 10.0. The quantitative estimate of drug-likeness (QED) is 0.860. The molecule has 0 saturated carbocycles. The molecule has 1 aliphatic carbocycles. The number of nitrogens with zero attached hydrogens (tertiary/aromatic N) is 1. The first-order chi connectivity index (χ1) is 8.83. The van der Waals surface area contributed by atoms with E-state index in [1.807, 2.05) is 18.2 Å². The molecular formula is C14H15IN2O. The fourth-order valence-electron chi connectivity index (χ4n) is 2.38. The highest BCUT2D eigenvalue weighted by Gasteiger charge is 2.21. The standard InChI is InChI=1S/C14H15IN2O/c15-11-3-1-2-4-14(11)18-8-10-5-6-12-13(7-10)17-9-16-12/h1-4,9-10H,5-8H2,(H,16,17). The van der Waals surface area contributed by atoms with Gasteiger partial charge in [-0.25, -0.2) is 4.98 Å². The fourth-order valence-corrected chi connectivity index (χ4v) is 2.92. The highest BCUT2D eigenvalue weighted by atomic mass is 127. The summed E-state index contributed by atoms with van der Waals surface area (Å²) in [5.74, 6) is 1.57. The monoisotopic (exact) mass is 354 g/mol. The molecule has 0 bridgehead atoms. The molecule has 0 amide bonds. The SMILES string of the molecule is Ic1ccccc1OCC1CCc2[nH]cnc2C1. The van der Waals surface area contributed by atoms with Gasteiger partial charge in [-0.05, 0) is 59.9 Å². The van der Waals surface area contributed by atoms with Gasteiger partial charge in [0.15, 0.2) is 0 Å². The lowest BCUT2D eigenvalue weighted by Crippen LogP contribution is -2.20. The third kappa shape index (κ3) is 2.53. The van der Waals surface area contributed by atoms with Crippen LogP contribution in [0.3, 0.4) is 0 Å². The number of benzene rings is 1. The molecule has 1 unspecified atom stereocenters. The van der Waals surface area contributed by atoms with Gasteiger partial charge >= 0.3 is 0 Å². The molecule has 1 atom stereocenters. The minimum atomic E-state index is 0.580. The highest BCUT2D eigenvalue weighted by Crippen LogP contribution is 2.25. The maximum absolute atomic E-state index is 5.92. The number of H-pyrrole nitrogens is 1. The topological polar surface area (TPSA) is 37.9 Å². The van der Waals surface area contributed by atoms with Crippen molar-refractivity contribution in [2.45, 2.75) is 19.3 Å². The Labute approximate surface area is 120 Å². The number of hydrogen-bond acceptors (Lipinski definition) is 2. The number of rotatable bonds is 3. The number of fused-ring (bicyclic) bond motifs is 1. The second-order valence-corrected chi connectivity index (χ2v) is 5.84. The van der Waals surface area contributed by atoms with Crippen LogP contribution in [0.15, 0.2) is 30.6 Å². The Morgan fingerprint density at radius 3 is 3.17 bits per heavy atom. The predicted octanol–water partition coefficient (Wildman–Crippen LogP) is 3.20. The fraction of sp³-hybridized carbons (Fsp3) is 0.357. The zero-order valence-corrected chi connectivity index (χ0v) is 12.2. The van der Waals surface area contributed by atoms with Gasteiger partial charge in [0.05, 0.1) is 22.2 Å². The molecule has 3 nitrogen and oxygen atoms in total. The molecule has 0 radical (unpaired) electrons. The molecule has 1 heterocycles. The molecule has 0 fully saturated rings. The second kappa shape index (κ2) is 5.30. The van der Waals surface area contributed by atoms with Crippen molar-refractivity contribution in [1.29, 1.82) is 0 Å². The van der Waals surface area contributed by atoms with E-state index in [0.717, 1.165) is 25.2 Å². The van der Waals surface area contributed by atoms with Crippen molar-refractivity contribution < 1.29 is 4.74 Å². The molecule has 0 aliphatic heterocycles. The van der Waals surface area contributed by atoms with Crippen LogP contribution in [0.5, 0.6) is 5.75 Å². The first-order valence-electron chi connectivity index (χ1n) is 6.21. The molecule has 1 aromatic carbocycles. The lowest BCUT2D eigenvalue weighted by molar-refractivity contribution is 0.231. The summed E-state index contributed by atoms with van der Waals surface area (Å²) in [6.07, 6.45) is 5.10.